The molecule has 0 spiro atoms. The van der Waals surface area contributed by atoms with Gasteiger partial charge in [-0.3, -0.25) is 9.89 Å². The largest absolute Gasteiger partial charge is 0.357 e. The molecule has 0 radical (unpaired) electrons. The molecular weight excluding hydrogens is 473 g/mol. The predicted octanol–water partition coefficient (Wildman–Crippen LogP) is 3.31. The molecule has 1 unspecified atom stereocenters. The van der Waals surface area contributed by atoms with E-state index in [-0.39, 0.29) is 24.0 Å². The van der Waals surface area contributed by atoms with Crippen molar-refractivity contribution in [2.75, 3.05) is 39.3 Å². The zero-order chi connectivity index (χ0) is 19.2. The fraction of sp³-hybridized carbons (Fsp3) is 0.696. The van der Waals surface area contributed by atoms with Crippen LogP contribution in [0.1, 0.15) is 44.6 Å². The highest BCUT2D eigenvalue weighted by Crippen LogP contribution is 2.31. The van der Waals surface area contributed by atoms with E-state index in [1.54, 1.807) is 0 Å². The van der Waals surface area contributed by atoms with Crippen LogP contribution >= 0.6 is 24.0 Å². The Bertz CT molecular complexity index is 625. The monoisotopic (exact) mass is 511 g/mol. The van der Waals surface area contributed by atoms with Crippen LogP contribution in [0.25, 0.3) is 0 Å². The third-order valence-electron chi connectivity index (χ3n) is 6.41. The number of hydrogen-bond donors (Lipinski definition) is 2. The van der Waals surface area contributed by atoms with Crippen LogP contribution in [0, 0.1) is 5.92 Å². The second-order valence-corrected chi connectivity index (χ2v) is 8.78. The number of benzene rings is 1. The van der Waals surface area contributed by atoms with Crippen molar-refractivity contribution < 1.29 is 0 Å². The molecule has 2 aliphatic heterocycles. The van der Waals surface area contributed by atoms with Gasteiger partial charge in [0.1, 0.15) is 0 Å². The van der Waals surface area contributed by atoms with Crippen molar-refractivity contribution >= 4 is 29.9 Å². The fourth-order valence-corrected chi connectivity index (χ4v) is 4.59. The predicted molar refractivity (Wildman–Crippen MR) is 132 cm³/mol. The molecule has 5 nitrogen and oxygen atoms in total. The summed E-state index contributed by atoms with van der Waals surface area (Å²) in [6, 6.07) is 12.3. The number of piperidine rings is 1. The molecular formula is C23H38IN5. The van der Waals surface area contributed by atoms with E-state index in [2.05, 4.69) is 57.7 Å². The summed E-state index contributed by atoms with van der Waals surface area (Å²) in [5.74, 6) is 1.76. The van der Waals surface area contributed by atoms with Crippen molar-refractivity contribution in [3.8, 4) is 0 Å². The first-order chi connectivity index (χ1) is 13.8. The summed E-state index contributed by atoms with van der Waals surface area (Å²) < 4.78 is 0. The number of nitrogens with one attached hydrogen (secondary N) is 2. The highest BCUT2D eigenvalue weighted by molar-refractivity contribution is 14.0. The van der Waals surface area contributed by atoms with Gasteiger partial charge in [-0.25, -0.2) is 0 Å². The van der Waals surface area contributed by atoms with Gasteiger partial charge >= 0.3 is 0 Å². The molecule has 2 heterocycles. The third-order valence-corrected chi connectivity index (χ3v) is 6.41. The minimum absolute atomic E-state index is 0. The van der Waals surface area contributed by atoms with Crippen LogP contribution in [0.4, 0.5) is 0 Å². The maximum Gasteiger partial charge on any atom is 0.191 e. The van der Waals surface area contributed by atoms with Crippen molar-refractivity contribution in [1.29, 1.82) is 0 Å². The minimum Gasteiger partial charge on any atom is -0.357 e. The summed E-state index contributed by atoms with van der Waals surface area (Å²) in [6.07, 6.45) is 6.54. The van der Waals surface area contributed by atoms with Gasteiger partial charge in [-0.05, 0) is 57.1 Å². The Balaban J connectivity index is 0.00000240. The van der Waals surface area contributed by atoms with Crippen LogP contribution in [-0.4, -0.2) is 67.1 Å². The number of hydrogen-bond acceptors (Lipinski definition) is 3. The van der Waals surface area contributed by atoms with E-state index < -0.39 is 0 Å². The number of guanidine groups is 1. The van der Waals surface area contributed by atoms with Crippen LogP contribution in [0.15, 0.2) is 35.3 Å². The summed E-state index contributed by atoms with van der Waals surface area (Å²) in [7, 11) is 0. The average molecular weight is 511 g/mol. The molecule has 1 aliphatic carbocycles. The first kappa shape index (κ1) is 22.8. The van der Waals surface area contributed by atoms with E-state index in [4.69, 9.17) is 4.99 Å². The molecule has 1 aromatic carbocycles. The van der Waals surface area contributed by atoms with Gasteiger partial charge in [-0.1, -0.05) is 30.3 Å². The third kappa shape index (κ3) is 7.10. The van der Waals surface area contributed by atoms with E-state index in [0.29, 0.717) is 6.04 Å². The maximum atomic E-state index is 4.94. The molecule has 1 saturated carbocycles. The van der Waals surface area contributed by atoms with E-state index in [1.807, 2.05) is 0 Å². The number of halogens is 1. The molecule has 3 aliphatic rings. The molecule has 0 bridgehead atoms. The lowest BCUT2D eigenvalue weighted by Gasteiger charge is -2.33. The molecule has 6 heteroatoms. The molecule has 4 rings (SSSR count). The zero-order valence-corrected chi connectivity index (χ0v) is 20.2. The highest BCUT2D eigenvalue weighted by atomic mass is 127. The molecule has 0 amide bonds. The smallest absolute Gasteiger partial charge is 0.191 e. The van der Waals surface area contributed by atoms with Gasteiger partial charge in [-0.15, -0.1) is 24.0 Å². The van der Waals surface area contributed by atoms with Crippen LogP contribution in [-0.2, 0) is 6.54 Å². The molecule has 1 aromatic rings. The molecule has 162 valence electrons. The van der Waals surface area contributed by atoms with Gasteiger partial charge in [0, 0.05) is 51.4 Å². The van der Waals surface area contributed by atoms with E-state index in [1.165, 1.54) is 50.8 Å². The average Bonchev–Trinajstić information content (AvgIpc) is 3.47. The maximum absolute atomic E-state index is 4.94. The summed E-state index contributed by atoms with van der Waals surface area (Å²) in [6.45, 7) is 9.98. The zero-order valence-electron chi connectivity index (χ0n) is 17.9. The minimum atomic E-state index is 0. The molecule has 2 saturated heterocycles. The summed E-state index contributed by atoms with van der Waals surface area (Å²) in [5.41, 5.74) is 1.42. The van der Waals surface area contributed by atoms with Crippen molar-refractivity contribution in [3.05, 3.63) is 35.9 Å². The van der Waals surface area contributed by atoms with Crippen LogP contribution in [0.3, 0.4) is 0 Å². The number of nitrogens with zero attached hydrogens (tertiary/aromatic N) is 3. The topological polar surface area (TPSA) is 42.9 Å². The Hall–Kier alpha value is -0.860. The fourth-order valence-electron chi connectivity index (χ4n) is 4.59. The molecule has 0 aromatic heterocycles. The van der Waals surface area contributed by atoms with Gasteiger partial charge in [0.25, 0.3) is 0 Å². The lowest BCUT2D eigenvalue weighted by molar-refractivity contribution is 0.198. The highest BCUT2D eigenvalue weighted by Gasteiger charge is 2.34. The molecule has 1 atom stereocenters. The van der Waals surface area contributed by atoms with Gasteiger partial charge < -0.3 is 15.5 Å². The van der Waals surface area contributed by atoms with Crippen molar-refractivity contribution in [1.82, 2.24) is 20.4 Å². The summed E-state index contributed by atoms with van der Waals surface area (Å²) in [5, 5.41) is 7.17. The second-order valence-electron chi connectivity index (χ2n) is 8.78. The molecule has 29 heavy (non-hydrogen) atoms. The standard InChI is InChI=1S/C23H37N5.HI/c1-2-24-23(25-16-20-10-15-28(18-20)22-8-9-22)26-21-11-13-27(14-12-21)17-19-6-4-3-5-7-19;/h3-7,20-22H,2,8-18H2,1H3,(H2,24,25,26);1H. The Labute approximate surface area is 193 Å². The number of likely N-dealkylation sites (tertiary alicyclic amines) is 2. The first-order valence-corrected chi connectivity index (χ1v) is 11.4. The normalized spacial score (nSPS) is 24.3. The van der Waals surface area contributed by atoms with E-state index in [9.17, 15) is 0 Å². The van der Waals surface area contributed by atoms with Crippen LogP contribution in [0.2, 0.25) is 0 Å². The van der Waals surface area contributed by atoms with Crippen LogP contribution < -0.4 is 10.6 Å². The van der Waals surface area contributed by atoms with Gasteiger partial charge in [-0.2, -0.15) is 0 Å². The number of rotatable bonds is 7. The molecule has 3 fully saturated rings. The summed E-state index contributed by atoms with van der Waals surface area (Å²) >= 11 is 0. The lowest BCUT2D eigenvalue weighted by atomic mass is 10.0. The van der Waals surface area contributed by atoms with E-state index >= 15 is 0 Å². The molecule has 2 N–H and O–H groups in total. The van der Waals surface area contributed by atoms with Gasteiger partial charge in [0.2, 0.25) is 0 Å². The van der Waals surface area contributed by atoms with E-state index in [0.717, 1.165) is 50.6 Å². The first-order valence-electron chi connectivity index (χ1n) is 11.4. The number of aliphatic imine (C=N–C) groups is 1. The van der Waals surface area contributed by atoms with Crippen molar-refractivity contribution in [3.63, 3.8) is 0 Å². The van der Waals surface area contributed by atoms with Gasteiger partial charge in [0.15, 0.2) is 5.96 Å². The Morgan fingerprint density at radius 3 is 2.48 bits per heavy atom. The van der Waals surface area contributed by atoms with Crippen molar-refractivity contribution in [2.24, 2.45) is 10.9 Å². The van der Waals surface area contributed by atoms with Crippen molar-refractivity contribution in [2.45, 2.75) is 57.7 Å². The SMILES string of the molecule is CCNC(=NCC1CCN(C2CC2)C1)NC1CCN(Cc2ccccc2)CC1.I. The second kappa shape index (κ2) is 11.5. The Morgan fingerprint density at radius 2 is 1.79 bits per heavy atom. The summed E-state index contributed by atoms with van der Waals surface area (Å²) in [4.78, 5) is 10.2. The quantitative estimate of drug-likeness (QED) is 0.335. The lowest BCUT2D eigenvalue weighted by Crippen LogP contribution is -2.48. The Kier molecular flexibility index (Phi) is 9.06. The Morgan fingerprint density at radius 1 is 1.03 bits per heavy atom. The van der Waals surface area contributed by atoms with Crippen LogP contribution in [0.5, 0.6) is 0 Å². The van der Waals surface area contributed by atoms with Gasteiger partial charge in [0.05, 0.1) is 0 Å².